The van der Waals surface area contributed by atoms with E-state index < -0.39 is 126 Å². The van der Waals surface area contributed by atoms with Gasteiger partial charge in [0.15, 0.2) is 0 Å². The van der Waals surface area contributed by atoms with Crippen molar-refractivity contribution < 1.29 is 138 Å². The van der Waals surface area contributed by atoms with Gasteiger partial charge in [-0.1, -0.05) is 20.8 Å². The highest BCUT2D eigenvalue weighted by atomic mass is 19.4. The molecule has 31 heteroatoms. The zero-order valence-electron chi connectivity index (χ0n) is 34.6. The van der Waals surface area contributed by atoms with Gasteiger partial charge in [-0.05, 0) is 104 Å². The lowest BCUT2D eigenvalue weighted by Gasteiger charge is -2.62. The van der Waals surface area contributed by atoms with Gasteiger partial charge in [0.1, 0.15) is 0 Å². The maximum Gasteiger partial charge on any atom is 0.460 e. The summed E-state index contributed by atoms with van der Waals surface area (Å²) in [6, 6.07) is 0. The molecule has 68 heavy (non-hydrogen) atoms. The Hall–Kier alpha value is -2.50. The minimum Gasteiger partial charge on any atom is -0.461 e. The molecule has 10 atom stereocenters. The monoisotopic (exact) mass is 1060 g/mol. The quantitative estimate of drug-likeness (QED) is 0.119. The first-order valence-electron chi connectivity index (χ1n) is 20.0. The van der Waals surface area contributed by atoms with E-state index in [2.05, 4.69) is 11.7 Å². The standard InChI is InChI=1S/C37H39F27O4/c1-14(18-6-7-19-17-5-4-15-12-16(65)8-10-23(15,2)20(17)13-21(66)24(18,19)3)9-11-68-22(67)25(38,39)26(40,41)27(42,43)28(44,45)29(46,47)30(48,49)31(50,51)32(52,53)33(54,55)34(56,57)35(58,59)36(60,61)37(62,63)64/h14-21,65-66H,4-13H2,1-3H3/t14-,15-,16-,17+,18-,19+,20+,21+,23+,24-/m1/s1. The Labute approximate surface area is 365 Å². The molecule has 0 unspecified atom stereocenters. The summed E-state index contributed by atoms with van der Waals surface area (Å²) >= 11 is 0. The molecule has 4 aliphatic rings. The lowest BCUT2D eigenvalue weighted by Crippen LogP contribution is -2.79. The summed E-state index contributed by atoms with van der Waals surface area (Å²) in [7, 11) is 0. The van der Waals surface area contributed by atoms with E-state index in [1.807, 2.05) is 0 Å². The van der Waals surface area contributed by atoms with Crippen molar-refractivity contribution in [2.24, 2.45) is 46.3 Å². The van der Waals surface area contributed by atoms with Crippen molar-refractivity contribution in [3.8, 4) is 0 Å². The molecule has 0 bridgehead atoms. The number of alkyl halides is 27. The molecular weight excluding hydrogens is 1020 g/mol. The number of rotatable bonds is 16. The van der Waals surface area contributed by atoms with Crippen LogP contribution < -0.4 is 0 Å². The normalized spacial score (nSPS) is 31.7. The summed E-state index contributed by atoms with van der Waals surface area (Å²) < 4.78 is 378. The third-order valence-electron chi connectivity index (χ3n) is 15.3. The van der Waals surface area contributed by atoms with Gasteiger partial charge in [0.05, 0.1) is 18.8 Å². The van der Waals surface area contributed by atoms with Crippen LogP contribution >= 0.6 is 0 Å². The summed E-state index contributed by atoms with van der Waals surface area (Å²) in [4.78, 5) is 12.0. The highest BCUT2D eigenvalue weighted by Crippen LogP contribution is 2.71. The highest BCUT2D eigenvalue weighted by molar-refractivity contribution is 5.79. The Morgan fingerprint density at radius 1 is 0.529 bits per heavy atom. The van der Waals surface area contributed by atoms with Gasteiger partial charge in [0, 0.05) is 0 Å². The largest absolute Gasteiger partial charge is 0.461 e. The lowest BCUT2D eigenvalue weighted by atomic mass is 9.43. The van der Waals surface area contributed by atoms with Crippen molar-refractivity contribution in [1.29, 1.82) is 0 Å². The van der Waals surface area contributed by atoms with Gasteiger partial charge in [-0.15, -0.1) is 0 Å². The van der Waals surface area contributed by atoms with Crippen molar-refractivity contribution in [2.45, 2.75) is 168 Å². The fourth-order valence-corrected chi connectivity index (χ4v) is 11.1. The Kier molecular flexibility index (Phi) is 14.1. The third-order valence-corrected chi connectivity index (χ3v) is 15.3. The van der Waals surface area contributed by atoms with Crippen LogP contribution in [-0.2, 0) is 9.53 Å². The van der Waals surface area contributed by atoms with Crippen molar-refractivity contribution in [1.82, 2.24) is 0 Å². The Bertz CT molecular complexity index is 1870. The zero-order valence-corrected chi connectivity index (χ0v) is 34.6. The maximum atomic E-state index is 14.6. The molecule has 0 saturated heterocycles. The first-order chi connectivity index (χ1) is 29.9. The van der Waals surface area contributed by atoms with E-state index in [0.29, 0.717) is 32.1 Å². The Morgan fingerprint density at radius 3 is 1.34 bits per heavy atom. The van der Waals surface area contributed by atoms with Gasteiger partial charge in [-0.25, -0.2) is 4.79 Å². The average Bonchev–Trinajstić information content (AvgIpc) is 3.55. The molecule has 0 spiro atoms. The van der Waals surface area contributed by atoms with Crippen molar-refractivity contribution in [2.75, 3.05) is 6.61 Å². The van der Waals surface area contributed by atoms with Crippen LogP contribution in [0.3, 0.4) is 0 Å². The van der Waals surface area contributed by atoms with E-state index in [0.717, 1.165) is 6.42 Å². The Morgan fingerprint density at radius 2 is 0.926 bits per heavy atom. The van der Waals surface area contributed by atoms with Crippen LogP contribution in [0, 0.1) is 46.3 Å². The van der Waals surface area contributed by atoms with Crippen LogP contribution in [0.15, 0.2) is 0 Å². The number of halogens is 27. The number of carbonyl (C=O) groups is 1. The van der Waals surface area contributed by atoms with Gasteiger partial charge in [-0.2, -0.15) is 119 Å². The van der Waals surface area contributed by atoms with Gasteiger partial charge < -0.3 is 14.9 Å². The molecule has 400 valence electrons. The number of carbonyl (C=O) groups excluding carboxylic acids is 1. The Balaban J connectivity index is 1.55. The van der Waals surface area contributed by atoms with Crippen LogP contribution in [0.2, 0.25) is 0 Å². The van der Waals surface area contributed by atoms with E-state index in [4.69, 9.17) is 0 Å². The molecule has 0 heterocycles. The molecule has 4 fully saturated rings. The summed E-state index contributed by atoms with van der Waals surface area (Å²) in [5.41, 5.74) is -1.23. The molecule has 0 aromatic heterocycles. The number of hydrogen-bond acceptors (Lipinski definition) is 4. The van der Waals surface area contributed by atoms with Gasteiger partial charge in [0.2, 0.25) is 0 Å². The van der Waals surface area contributed by atoms with Crippen LogP contribution in [0.5, 0.6) is 0 Å². The van der Waals surface area contributed by atoms with Gasteiger partial charge in [0.25, 0.3) is 0 Å². The molecule has 4 nitrogen and oxygen atoms in total. The number of esters is 1. The molecule has 4 saturated carbocycles. The average molecular weight is 1060 g/mol. The second-order valence-corrected chi connectivity index (χ2v) is 18.7. The molecular formula is C37H39F27O4. The molecule has 0 aliphatic heterocycles. The molecule has 0 radical (unpaired) electrons. The van der Waals surface area contributed by atoms with Crippen molar-refractivity contribution >= 4 is 5.97 Å². The second-order valence-electron chi connectivity index (χ2n) is 18.7. The minimum absolute atomic E-state index is 0.00796. The summed E-state index contributed by atoms with van der Waals surface area (Å²) in [6.07, 6.45) is -6.42. The predicted octanol–water partition coefficient (Wildman–Crippen LogP) is 12.7. The molecule has 4 rings (SSSR count). The van der Waals surface area contributed by atoms with Crippen LogP contribution in [0.1, 0.15) is 78.6 Å². The van der Waals surface area contributed by atoms with E-state index in [1.54, 1.807) is 6.92 Å². The predicted molar refractivity (Wildman–Crippen MR) is 173 cm³/mol. The number of aliphatic hydroxyl groups is 2. The van der Waals surface area contributed by atoms with E-state index >= 15 is 0 Å². The van der Waals surface area contributed by atoms with E-state index in [9.17, 15) is 134 Å². The third kappa shape index (κ3) is 7.37. The van der Waals surface area contributed by atoms with Crippen LogP contribution in [0.4, 0.5) is 119 Å². The molecule has 0 aromatic carbocycles. The minimum atomic E-state index is -9.88. The molecule has 4 aliphatic carbocycles. The van der Waals surface area contributed by atoms with Crippen LogP contribution in [-0.4, -0.2) is 112 Å². The van der Waals surface area contributed by atoms with Gasteiger partial charge >= 0.3 is 83.2 Å². The lowest BCUT2D eigenvalue weighted by molar-refractivity contribution is -0.484. The topological polar surface area (TPSA) is 66.8 Å². The maximum absolute atomic E-state index is 14.6. The zero-order chi connectivity index (χ0) is 53.5. The molecule has 0 aromatic rings. The first-order valence-corrected chi connectivity index (χ1v) is 20.0. The SMILES string of the molecule is C[C@H](CCOC(=O)C(F)(F)C(F)(F)C(F)(F)C(F)(F)C(F)(F)C(F)(F)C(F)(F)C(F)(F)C(F)(F)C(F)(F)C(F)(F)C(F)(F)C(F)(F)F)[C@H]1CC[C@H]2[C@@H]3CC[C@@H]4C[C@H](O)CC[C@]4(C)[C@H]3C[C@H](O)[C@]12C. The van der Waals surface area contributed by atoms with Crippen molar-refractivity contribution in [3.05, 3.63) is 0 Å². The first kappa shape index (κ1) is 58.1. The molecule has 2 N–H and O–H groups in total. The fourth-order valence-electron chi connectivity index (χ4n) is 11.1. The smallest absolute Gasteiger partial charge is 0.460 e. The number of ether oxygens (including phenoxy) is 1. The number of aliphatic hydroxyl groups excluding tert-OH is 2. The van der Waals surface area contributed by atoms with Crippen molar-refractivity contribution in [3.63, 3.8) is 0 Å². The number of hydrogen-bond donors (Lipinski definition) is 2. The summed E-state index contributed by atoms with van der Waals surface area (Å²) in [5.74, 6) is -117. The molecule has 0 amide bonds. The van der Waals surface area contributed by atoms with E-state index in [-0.39, 0.29) is 41.9 Å². The van der Waals surface area contributed by atoms with E-state index in [1.165, 1.54) is 6.92 Å². The van der Waals surface area contributed by atoms with Gasteiger partial charge in [-0.3, -0.25) is 0 Å². The summed E-state index contributed by atoms with van der Waals surface area (Å²) in [6.45, 7) is 3.52. The summed E-state index contributed by atoms with van der Waals surface area (Å²) in [5, 5.41) is 21.8. The number of fused-ring (bicyclic) bond motifs is 5. The highest BCUT2D eigenvalue weighted by Gasteiger charge is 3.00. The second kappa shape index (κ2) is 16.5. The van der Waals surface area contributed by atoms with Crippen LogP contribution in [0.25, 0.3) is 0 Å². The fraction of sp³-hybridized carbons (Fsp3) is 0.973.